The minimum Gasteiger partial charge on any atom is -0.384 e. The smallest absolute Gasteiger partial charge is 0.226 e. The predicted octanol–water partition coefficient (Wildman–Crippen LogP) is 3.85. The van der Waals surface area contributed by atoms with Gasteiger partial charge in [0, 0.05) is 26.1 Å². The quantitative estimate of drug-likeness (QED) is 0.845. The van der Waals surface area contributed by atoms with E-state index in [-0.39, 0.29) is 5.92 Å². The molecule has 1 aromatic rings. The van der Waals surface area contributed by atoms with Crippen LogP contribution in [0.25, 0.3) is 0 Å². The highest BCUT2D eigenvalue weighted by molar-refractivity contribution is 5.80. The maximum absolute atomic E-state index is 13.2. The fourth-order valence-corrected chi connectivity index (χ4v) is 4.40. The van der Waals surface area contributed by atoms with Gasteiger partial charge < -0.3 is 9.64 Å². The first-order valence-electron chi connectivity index (χ1n) is 9.12. The molecule has 3 heteroatoms. The van der Waals surface area contributed by atoms with Crippen LogP contribution in [0.2, 0.25) is 0 Å². The summed E-state index contributed by atoms with van der Waals surface area (Å²) in [4.78, 5) is 15.3. The van der Waals surface area contributed by atoms with Gasteiger partial charge in [0.2, 0.25) is 5.91 Å². The molecule has 0 aromatic heterocycles. The Morgan fingerprint density at radius 1 is 1.13 bits per heavy atom. The maximum Gasteiger partial charge on any atom is 0.226 e. The second kappa shape index (κ2) is 7.96. The van der Waals surface area contributed by atoms with E-state index in [0.29, 0.717) is 17.7 Å². The lowest BCUT2D eigenvalue weighted by atomic mass is 9.74. The zero-order valence-corrected chi connectivity index (χ0v) is 14.2. The largest absolute Gasteiger partial charge is 0.384 e. The van der Waals surface area contributed by atoms with Crippen molar-refractivity contribution in [2.45, 2.75) is 44.4 Å². The molecule has 1 aliphatic carbocycles. The van der Waals surface area contributed by atoms with Gasteiger partial charge in [-0.3, -0.25) is 4.79 Å². The second-order valence-corrected chi connectivity index (χ2v) is 7.16. The van der Waals surface area contributed by atoms with Crippen LogP contribution < -0.4 is 0 Å². The van der Waals surface area contributed by atoms with E-state index in [0.717, 1.165) is 39.0 Å². The summed E-state index contributed by atoms with van der Waals surface area (Å²) in [5, 5.41) is 0. The summed E-state index contributed by atoms with van der Waals surface area (Å²) in [5.74, 6) is 1.48. The number of nitrogens with zero attached hydrogens (tertiary/aromatic N) is 1. The summed E-state index contributed by atoms with van der Waals surface area (Å²) in [7, 11) is 1.76. The van der Waals surface area contributed by atoms with Crippen LogP contribution in [0.5, 0.6) is 0 Å². The zero-order chi connectivity index (χ0) is 16.1. The minimum atomic E-state index is 0.174. The number of methoxy groups -OCH3 is 1. The van der Waals surface area contributed by atoms with Crippen molar-refractivity contribution in [1.29, 1.82) is 0 Å². The Morgan fingerprint density at radius 3 is 2.70 bits per heavy atom. The summed E-state index contributed by atoms with van der Waals surface area (Å²) in [6.45, 7) is 2.58. The predicted molar refractivity (Wildman–Crippen MR) is 92.3 cm³/mol. The van der Waals surface area contributed by atoms with E-state index in [4.69, 9.17) is 4.74 Å². The Kier molecular flexibility index (Phi) is 5.71. The van der Waals surface area contributed by atoms with Crippen LogP contribution in [0.3, 0.4) is 0 Å². The van der Waals surface area contributed by atoms with Gasteiger partial charge in [0.25, 0.3) is 0 Å². The lowest BCUT2D eigenvalue weighted by molar-refractivity contribution is -0.139. The molecule has 3 nitrogen and oxygen atoms in total. The third-order valence-corrected chi connectivity index (χ3v) is 5.54. The zero-order valence-electron chi connectivity index (χ0n) is 14.2. The van der Waals surface area contributed by atoms with Gasteiger partial charge in [-0.15, -0.1) is 0 Å². The third kappa shape index (κ3) is 3.95. The maximum atomic E-state index is 13.2. The lowest BCUT2D eigenvalue weighted by Crippen LogP contribution is -2.45. The highest BCUT2D eigenvalue weighted by atomic mass is 16.5. The molecular formula is C20H29NO2. The monoisotopic (exact) mass is 315 g/mol. The van der Waals surface area contributed by atoms with Crippen molar-refractivity contribution in [3.63, 3.8) is 0 Å². The van der Waals surface area contributed by atoms with E-state index in [1.54, 1.807) is 7.11 Å². The fourth-order valence-electron chi connectivity index (χ4n) is 4.40. The van der Waals surface area contributed by atoms with Gasteiger partial charge in [0.05, 0.1) is 6.61 Å². The molecule has 23 heavy (non-hydrogen) atoms. The number of benzene rings is 1. The molecule has 3 rings (SSSR count). The van der Waals surface area contributed by atoms with Crippen molar-refractivity contribution in [3.05, 3.63) is 35.9 Å². The van der Waals surface area contributed by atoms with Crippen molar-refractivity contribution >= 4 is 5.91 Å². The van der Waals surface area contributed by atoms with Crippen molar-refractivity contribution in [2.24, 2.45) is 11.8 Å². The molecule has 1 heterocycles. The Bertz CT molecular complexity index is 500. The van der Waals surface area contributed by atoms with E-state index in [9.17, 15) is 4.79 Å². The van der Waals surface area contributed by atoms with Crippen LogP contribution >= 0.6 is 0 Å². The van der Waals surface area contributed by atoms with E-state index in [1.165, 1.54) is 24.8 Å². The molecule has 0 spiro atoms. The minimum absolute atomic E-state index is 0.174. The van der Waals surface area contributed by atoms with E-state index >= 15 is 0 Å². The van der Waals surface area contributed by atoms with Gasteiger partial charge in [-0.2, -0.15) is 0 Å². The lowest BCUT2D eigenvalue weighted by Gasteiger charge is -2.38. The molecule has 2 aliphatic rings. The summed E-state index contributed by atoms with van der Waals surface area (Å²) >= 11 is 0. The molecule has 1 saturated heterocycles. The highest BCUT2D eigenvalue weighted by Gasteiger charge is 2.36. The number of amides is 1. The molecule has 126 valence electrons. The Labute approximate surface area is 140 Å². The summed E-state index contributed by atoms with van der Waals surface area (Å²) in [6, 6.07) is 10.6. The van der Waals surface area contributed by atoms with E-state index in [1.807, 2.05) is 0 Å². The standard InChI is InChI=1S/C20H29NO2/c1-23-15-16-8-7-13-21(14-16)20(22)19-12-6-5-11-18(19)17-9-3-2-4-10-17/h2-4,9-10,16,18-19H,5-8,11-15H2,1H3/t16-,18-,19-/m1/s1. The number of ether oxygens (including phenoxy) is 1. The number of hydrogen-bond acceptors (Lipinski definition) is 2. The molecule has 0 unspecified atom stereocenters. The molecule has 1 aliphatic heterocycles. The number of carbonyl (C=O) groups excluding carboxylic acids is 1. The van der Waals surface area contributed by atoms with Gasteiger partial charge in [-0.05, 0) is 43.1 Å². The van der Waals surface area contributed by atoms with Crippen molar-refractivity contribution in [1.82, 2.24) is 4.90 Å². The molecular weight excluding hydrogens is 286 g/mol. The number of rotatable bonds is 4. The topological polar surface area (TPSA) is 29.5 Å². The summed E-state index contributed by atoms with van der Waals surface area (Å²) in [6.07, 6.45) is 6.93. The first kappa shape index (κ1) is 16.5. The van der Waals surface area contributed by atoms with E-state index in [2.05, 4.69) is 35.2 Å². The number of carbonyl (C=O) groups is 1. The van der Waals surface area contributed by atoms with Gasteiger partial charge in [-0.25, -0.2) is 0 Å². The SMILES string of the molecule is COC[C@@H]1CCCN(C(=O)[C@@H]2CCCC[C@@H]2c2ccccc2)C1. The van der Waals surface area contributed by atoms with Crippen molar-refractivity contribution in [3.8, 4) is 0 Å². The number of piperidine rings is 1. The number of hydrogen-bond donors (Lipinski definition) is 0. The second-order valence-electron chi connectivity index (χ2n) is 7.16. The average Bonchev–Trinajstić information content (AvgIpc) is 2.62. The van der Waals surface area contributed by atoms with Gasteiger partial charge >= 0.3 is 0 Å². The van der Waals surface area contributed by atoms with E-state index < -0.39 is 0 Å². The summed E-state index contributed by atoms with van der Waals surface area (Å²) in [5.41, 5.74) is 1.34. The van der Waals surface area contributed by atoms with Crippen LogP contribution in [0.4, 0.5) is 0 Å². The molecule has 0 bridgehead atoms. The van der Waals surface area contributed by atoms with Crippen molar-refractivity contribution < 1.29 is 9.53 Å². The molecule has 0 N–H and O–H groups in total. The van der Waals surface area contributed by atoms with Crippen molar-refractivity contribution in [2.75, 3.05) is 26.8 Å². The summed E-state index contributed by atoms with van der Waals surface area (Å²) < 4.78 is 5.31. The molecule has 1 amide bonds. The molecule has 2 fully saturated rings. The van der Waals surface area contributed by atoms with Crippen LogP contribution in [0.1, 0.15) is 50.0 Å². The van der Waals surface area contributed by atoms with Crippen LogP contribution in [0, 0.1) is 11.8 Å². The first-order valence-corrected chi connectivity index (χ1v) is 9.12. The third-order valence-electron chi connectivity index (χ3n) is 5.54. The molecule has 1 saturated carbocycles. The van der Waals surface area contributed by atoms with Crippen LogP contribution in [-0.2, 0) is 9.53 Å². The van der Waals surface area contributed by atoms with Gasteiger partial charge in [0.15, 0.2) is 0 Å². The number of likely N-dealkylation sites (tertiary alicyclic amines) is 1. The molecule has 1 aromatic carbocycles. The van der Waals surface area contributed by atoms with Gasteiger partial charge in [-0.1, -0.05) is 43.2 Å². The fraction of sp³-hybridized carbons (Fsp3) is 0.650. The van der Waals surface area contributed by atoms with Crippen LogP contribution in [0.15, 0.2) is 30.3 Å². The normalized spacial score (nSPS) is 28.6. The first-order chi connectivity index (χ1) is 11.3. The molecule has 0 radical (unpaired) electrons. The molecule has 3 atom stereocenters. The average molecular weight is 315 g/mol. The van der Waals surface area contributed by atoms with Crippen LogP contribution in [-0.4, -0.2) is 37.6 Å². The Morgan fingerprint density at radius 2 is 1.91 bits per heavy atom. The highest BCUT2D eigenvalue weighted by Crippen LogP contribution is 2.39. The Balaban J connectivity index is 1.71. The van der Waals surface area contributed by atoms with Gasteiger partial charge in [0.1, 0.15) is 0 Å². The Hall–Kier alpha value is -1.35.